The van der Waals surface area contributed by atoms with E-state index in [2.05, 4.69) is 41.5 Å². The molecule has 0 aromatic heterocycles. The van der Waals surface area contributed by atoms with Crippen molar-refractivity contribution in [1.29, 1.82) is 0 Å². The van der Waals surface area contributed by atoms with Crippen LogP contribution in [0.3, 0.4) is 0 Å². The first kappa shape index (κ1) is 44.6. The van der Waals surface area contributed by atoms with E-state index >= 15 is 0 Å². The second kappa shape index (κ2) is 16.9. The number of hydrogen-bond acceptors (Lipinski definition) is 8. The maximum Gasteiger partial charge on any atom is 0.331 e. The molecule has 4 heterocycles. The molecule has 2 aliphatic carbocycles. The van der Waals surface area contributed by atoms with Crippen molar-refractivity contribution in [3.05, 3.63) is 83.9 Å². The van der Waals surface area contributed by atoms with E-state index in [-0.39, 0.29) is 53.0 Å². The lowest BCUT2D eigenvalue weighted by molar-refractivity contribution is -0.255. The Hall–Kier alpha value is -3.92. The fourth-order valence-electron chi connectivity index (χ4n) is 11.7. The summed E-state index contributed by atoms with van der Waals surface area (Å²) in [7, 11) is 0. The van der Waals surface area contributed by atoms with Gasteiger partial charge in [0.05, 0.1) is 6.10 Å². The highest BCUT2D eigenvalue weighted by molar-refractivity contribution is 5.93. The SMILES string of the molecule is C/C(=C\C(=O)O)c1ccccc1.C/C(=C\C(=O)OC1C2C(C)CCC2C2(C)OC1(C(C)C)CC2=O)c1ccccc1.CC1CCC2C1C(O)C1(C(C)C)CC(=O)C2(C)O1. The molecule has 6 aliphatic rings. The van der Waals surface area contributed by atoms with Gasteiger partial charge in [0.15, 0.2) is 11.6 Å². The van der Waals surface area contributed by atoms with Gasteiger partial charge in [-0.25, -0.2) is 9.59 Å². The van der Waals surface area contributed by atoms with Crippen molar-refractivity contribution >= 4 is 34.7 Å². The molecule has 4 aliphatic heterocycles. The van der Waals surface area contributed by atoms with Crippen LogP contribution in [0.4, 0.5) is 0 Å². The number of carbonyl (C=O) groups excluding carboxylic acids is 3. The van der Waals surface area contributed by atoms with Crippen molar-refractivity contribution in [2.24, 2.45) is 47.3 Å². The maximum atomic E-state index is 13.1. The average molecular weight is 811 g/mol. The van der Waals surface area contributed by atoms with E-state index in [0.717, 1.165) is 48.0 Å². The molecule has 0 amide bonds. The van der Waals surface area contributed by atoms with Gasteiger partial charge in [0.2, 0.25) is 0 Å². The molecular weight excluding hydrogens is 745 g/mol. The Kier molecular flexibility index (Phi) is 12.7. The predicted molar refractivity (Wildman–Crippen MR) is 228 cm³/mol. The summed E-state index contributed by atoms with van der Waals surface area (Å²) in [5, 5.41) is 19.3. The lowest BCUT2D eigenvalue weighted by Crippen LogP contribution is -2.62. The van der Waals surface area contributed by atoms with E-state index in [0.29, 0.717) is 24.7 Å². The number of ether oxygens (including phenoxy) is 3. The minimum absolute atomic E-state index is 0.0824. The quantitative estimate of drug-likeness (QED) is 0.207. The number of Topliss-reactive ketones (excluding diaryl/α,β-unsaturated/α-hetero) is 2. The number of carboxylic acids is 1. The van der Waals surface area contributed by atoms with Crippen LogP contribution in [0.5, 0.6) is 0 Å². The van der Waals surface area contributed by atoms with E-state index < -0.39 is 40.6 Å². The molecule has 8 rings (SSSR count). The zero-order chi connectivity index (χ0) is 43.2. The number of allylic oxidation sites excluding steroid dienone is 2. The molecule has 0 spiro atoms. The molecule has 2 aromatic rings. The normalized spacial score (nSPS) is 38.3. The average Bonchev–Trinajstić information content (AvgIpc) is 3.91. The van der Waals surface area contributed by atoms with Gasteiger partial charge >= 0.3 is 11.9 Å². The Morgan fingerprint density at radius 2 is 1.12 bits per heavy atom. The number of esters is 1. The number of benzene rings is 2. The molecule has 4 bridgehead atoms. The number of rotatable bonds is 7. The molecule has 2 aromatic carbocycles. The lowest BCUT2D eigenvalue weighted by Gasteiger charge is -2.52. The van der Waals surface area contributed by atoms with Crippen molar-refractivity contribution in [3.8, 4) is 0 Å². The maximum absolute atomic E-state index is 13.1. The van der Waals surface area contributed by atoms with E-state index in [1.54, 1.807) is 13.0 Å². The first-order valence-corrected chi connectivity index (χ1v) is 21.8. The van der Waals surface area contributed by atoms with Crippen LogP contribution in [0.15, 0.2) is 72.8 Å². The number of aliphatic carboxylic acids is 1. The van der Waals surface area contributed by atoms with Gasteiger partial charge in [-0.15, -0.1) is 0 Å². The van der Waals surface area contributed by atoms with Crippen molar-refractivity contribution in [1.82, 2.24) is 0 Å². The molecule has 9 nitrogen and oxygen atoms in total. The van der Waals surface area contributed by atoms with Crippen LogP contribution in [-0.2, 0) is 33.4 Å². The molecule has 0 radical (unpaired) electrons. The number of aliphatic hydroxyl groups is 1. The minimum atomic E-state index is -0.906. The Balaban J connectivity index is 0.000000165. The Labute approximate surface area is 351 Å². The van der Waals surface area contributed by atoms with Crippen molar-refractivity contribution < 1.29 is 43.6 Å². The van der Waals surface area contributed by atoms with Gasteiger partial charge in [-0.3, -0.25) is 9.59 Å². The summed E-state index contributed by atoms with van der Waals surface area (Å²) < 4.78 is 18.9. The third kappa shape index (κ3) is 7.92. The molecule has 6 fully saturated rings. The van der Waals surface area contributed by atoms with Gasteiger partial charge in [-0.2, -0.15) is 0 Å². The first-order valence-electron chi connectivity index (χ1n) is 21.8. The second-order valence-corrected chi connectivity index (χ2v) is 19.3. The van der Waals surface area contributed by atoms with E-state index in [1.807, 2.05) is 81.4 Å². The van der Waals surface area contributed by atoms with Crippen LogP contribution >= 0.6 is 0 Å². The van der Waals surface area contributed by atoms with Crippen molar-refractivity contribution in [2.45, 2.75) is 142 Å². The molecule has 2 saturated carbocycles. The summed E-state index contributed by atoms with van der Waals surface area (Å²) in [4.78, 5) is 48.8. The van der Waals surface area contributed by atoms with E-state index in [9.17, 15) is 24.3 Å². The summed E-state index contributed by atoms with van der Waals surface area (Å²) in [5.74, 6) is 1.02. The number of carbonyl (C=O) groups is 4. The second-order valence-electron chi connectivity index (χ2n) is 19.3. The zero-order valence-electron chi connectivity index (χ0n) is 36.7. The van der Waals surface area contributed by atoms with Gasteiger partial charge in [0.1, 0.15) is 28.5 Å². The number of fused-ring (bicyclic) bond motifs is 8. The minimum Gasteiger partial charge on any atom is -0.478 e. The fraction of sp³-hybridized carbons (Fsp3) is 0.600. The summed E-state index contributed by atoms with van der Waals surface area (Å²) in [6.07, 6.45) is 6.74. The van der Waals surface area contributed by atoms with Gasteiger partial charge in [-0.1, -0.05) is 102 Å². The summed E-state index contributed by atoms with van der Waals surface area (Å²) in [6.45, 7) is 20.3. The Morgan fingerprint density at radius 1 is 0.695 bits per heavy atom. The summed E-state index contributed by atoms with van der Waals surface area (Å²) >= 11 is 0. The Morgan fingerprint density at radius 3 is 1.59 bits per heavy atom. The van der Waals surface area contributed by atoms with Gasteiger partial charge in [-0.05, 0) is 105 Å². The topological polar surface area (TPSA) is 136 Å². The van der Waals surface area contributed by atoms with Gasteiger partial charge in [0.25, 0.3) is 0 Å². The largest absolute Gasteiger partial charge is 0.478 e. The molecule has 2 N–H and O–H groups in total. The van der Waals surface area contributed by atoms with Crippen LogP contribution in [0.1, 0.15) is 119 Å². The lowest BCUT2D eigenvalue weighted by atomic mass is 9.69. The number of ketones is 2. The first-order chi connectivity index (χ1) is 27.7. The van der Waals surface area contributed by atoms with Crippen LogP contribution in [0, 0.1) is 47.3 Å². The highest BCUT2D eigenvalue weighted by Gasteiger charge is 2.72. The van der Waals surface area contributed by atoms with Crippen LogP contribution in [0.2, 0.25) is 0 Å². The molecular formula is C50H66O9. The van der Waals surface area contributed by atoms with Gasteiger partial charge < -0.3 is 24.4 Å². The molecule has 12 atom stereocenters. The monoisotopic (exact) mass is 810 g/mol. The fourth-order valence-corrected chi connectivity index (χ4v) is 11.7. The van der Waals surface area contributed by atoms with E-state index in [1.165, 1.54) is 6.08 Å². The molecule has 9 heteroatoms. The van der Waals surface area contributed by atoms with Gasteiger partial charge in [0, 0.05) is 42.7 Å². The van der Waals surface area contributed by atoms with Crippen LogP contribution in [-0.4, -0.2) is 68.3 Å². The van der Waals surface area contributed by atoms with Crippen LogP contribution in [0.25, 0.3) is 11.1 Å². The van der Waals surface area contributed by atoms with Crippen molar-refractivity contribution in [2.75, 3.05) is 0 Å². The Bertz CT molecular complexity index is 1950. The number of hydrogen-bond donors (Lipinski definition) is 2. The highest BCUT2D eigenvalue weighted by atomic mass is 16.6. The molecule has 59 heavy (non-hydrogen) atoms. The zero-order valence-corrected chi connectivity index (χ0v) is 36.7. The summed E-state index contributed by atoms with van der Waals surface area (Å²) in [6, 6.07) is 19.3. The number of carboxylic acid groups (broad SMARTS) is 1. The smallest absolute Gasteiger partial charge is 0.331 e. The molecule has 320 valence electrons. The van der Waals surface area contributed by atoms with Crippen LogP contribution < -0.4 is 0 Å². The predicted octanol–water partition coefficient (Wildman–Crippen LogP) is 9.16. The van der Waals surface area contributed by atoms with Crippen molar-refractivity contribution in [3.63, 3.8) is 0 Å². The number of aliphatic hydroxyl groups excluding tert-OH is 1. The summed E-state index contributed by atoms with van der Waals surface area (Å²) in [5.41, 5.74) is 0.842. The van der Waals surface area contributed by atoms with E-state index in [4.69, 9.17) is 19.3 Å². The third-order valence-corrected chi connectivity index (χ3v) is 15.3. The standard InChI is InChI=1S/C25H32O4.C15H24O3.C10H10O2/c1-15(2)25-14-20(26)24(5,29-25)19-12-11-16(3)22(19)23(25)28-21(27)13-17(4)18-9-7-6-8-10-18;1-8(2)15-7-11(16)14(4,18-15)10-6-5-9(3)12(10)13(15)17;1-8(7-10(11)12)9-5-3-2-4-6-9/h6-10,13,15-16,19,22-23H,11-12,14H2,1-5H3;8-10,12-13,17H,5-7H2,1-4H3;2-7H,1H3,(H,11,12)/b17-13+;;8-7+. The molecule has 4 saturated heterocycles. The third-order valence-electron chi connectivity index (χ3n) is 15.3. The highest BCUT2D eigenvalue weighted by Crippen LogP contribution is 2.62. The molecule has 12 unspecified atom stereocenters.